The van der Waals surface area contributed by atoms with Gasteiger partial charge in [-0.3, -0.25) is 4.79 Å². The van der Waals surface area contributed by atoms with Crippen LogP contribution in [-0.2, 0) is 4.79 Å². The SMILES string of the molecule is CC(=O)Nc1cccc([C@@H](C)NC(=O)Nc2ccc(C(C)C)cc2)c1. The van der Waals surface area contributed by atoms with Crippen molar-refractivity contribution in [2.45, 2.75) is 39.7 Å². The molecule has 0 bridgehead atoms. The molecule has 3 amide bonds. The van der Waals surface area contributed by atoms with E-state index in [-0.39, 0.29) is 18.0 Å². The number of amides is 3. The second-order valence-corrected chi connectivity index (χ2v) is 6.40. The van der Waals surface area contributed by atoms with Crippen LogP contribution in [0, 0.1) is 0 Å². The van der Waals surface area contributed by atoms with Crippen LogP contribution in [0.25, 0.3) is 0 Å². The lowest BCUT2D eigenvalue weighted by Gasteiger charge is -2.16. The summed E-state index contributed by atoms with van der Waals surface area (Å²) in [5.41, 5.74) is 3.61. The highest BCUT2D eigenvalue weighted by Gasteiger charge is 2.10. The Morgan fingerprint density at radius 3 is 2.12 bits per heavy atom. The third-order valence-corrected chi connectivity index (χ3v) is 3.89. The highest BCUT2D eigenvalue weighted by atomic mass is 16.2. The van der Waals surface area contributed by atoms with E-state index in [1.54, 1.807) is 0 Å². The molecule has 0 saturated heterocycles. The molecule has 0 aliphatic carbocycles. The fourth-order valence-corrected chi connectivity index (χ4v) is 2.49. The molecule has 0 aromatic heterocycles. The van der Waals surface area contributed by atoms with Gasteiger partial charge in [-0.15, -0.1) is 0 Å². The summed E-state index contributed by atoms with van der Waals surface area (Å²) in [6.07, 6.45) is 0. The van der Waals surface area contributed by atoms with Gasteiger partial charge in [-0.1, -0.05) is 38.1 Å². The van der Waals surface area contributed by atoms with E-state index >= 15 is 0 Å². The van der Waals surface area contributed by atoms with Crippen molar-refractivity contribution >= 4 is 23.3 Å². The zero-order valence-corrected chi connectivity index (χ0v) is 15.1. The average molecular weight is 339 g/mol. The summed E-state index contributed by atoms with van der Waals surface area (Å²) in [5.74, 6) is 0.333. The molecule has 0 aliphatic rings. The highest BCUT2D eigenvalue weighted by molar-refractivity contribution is 5.90. The Balaban J connectivity index is 1.96. The lowest BCUT2D eigenvalue weighted by Crippen LogP contribution is -2.31. The molecule has 2 aromatic rings. The number of benzene rings is 2. The first kappa shape index (κ1) is 18.5. The fraction of sp³-hybridized carbons (Fsp3) is 0.300. The van der Waals surface area contributed by atoms with Gasteiger partial charge in [0, 0.05) is 18.3 Å². The Hall–Kier alpha value is -2.82. The van der Waals surface area contributed by atoms with E-state index in [0.29, 0.717) is 11.6 Å². The minimum Gasteiger partial charge on any atom is -0.331 e. The smallest absolute Gasteiger partial charge is 0.319 e. The summed E-state index contributed by atoms with van der Waals surface area (Å²) in [5, 5.41) is 8.48. The van der Waals surface area contributed by atoms with Gasteiger partial charge in [0.1, 0.15) is 0 Å². The Labute approximate surface area is 148 Å². The van der Waals surface area contributed by atoms with E-state index in [1.807, 2.05) is 55.5 Å². The zero-order valence-electron chi connectivity index (χ0n) is 15.1. The monoisotopic (exact) mass is 339 g/mol. The van der Waals surface area contributed by atoms with Gasteiger partial charge in [-0.25, -0.2) is 4.79 Å². The van der Waals surface area contributed by atoms with Gasteiger partial charge in [0.2, 0.25) is 5.91 Å². The van der Waals surface area contributed by atoms with Gasteiger partial charge in [0.25, 0.3) is 0 Å². The molecule has 25 heavy (non-hydrogen) atoms. The van der Waals surface area contributed by atoms with Crippen LogP contribution in [0.1, 0.15) is 50.8 Å². The summed E-state index contributed by atoms with van der Waals surface area (Å²) in [7, 11) is 0. The van der Waals surface area contributed by atoms with E-state index in [1.165, 1.54) is 12.5 Å². The van der Waals surface area contributed by atoms with E-state index in [4.69, 9.17) is 0 Å². The number of nitrogens with one attached hydrogen (secondary N) is 3. The summed E-state index contributed by atoms with van der Waals surface area (Å²) in [6.45, 7) is 7.62. The maximum atomic E-state index is 12.2. The summed E-state index contributed by atoms with van der Waals surface area (Å²) >= 11 is 0. The molecule has 2 rings (SSSR count). The van der Waals surface area contributed by atoms with Crippen LogP contribution >= 0.6 is 0 Å². The van der Waals surface area contributed by atoms with Crippen molar-refractivity contribution in [2.24, 2.45) is 0 Å². The van der Waals surface area contributed by atoms with Crippen LogP contribution < -0.4 is 16.0 Å². The lowest BCUT2D eigenvalue weighted by molar-refractivity contribution is -0.114. The molecule has 0 fully saturated rings. The molecule has 1 atom stereocenters. The topological polar surface area (TPSA) is 70.2 Å². The Morgan fingerprint density at radius 1 is 0.840 bits per heavy atom. The largest absolute Gasteiger partial charge is 0.331 e. The predicted molar refractivity (Wildman–Crippen MR) is 102 cm³/mol. The fourth-order valence-electron chi connectivity index (χ4n) is 2.49. The van der Waals surface area contributed by atoms with Crippen LogP contribution in [0.4, 0.5) is 16.2 Å². The van der Waals surface area contributed by atoms with Gasteiger partial charge < -0.3 is 16.0 Å². The second-order valence-electron chi connectivity index (χ2n) is 6.40. The molecule has 5 heteroatoms. The van der Waals surface area contributed by atoms with Crippen molar-refractivity contribution < 1.29 is 9.59 Å². The maximum absolute atomic E-state index is 12.2. The molecular weight excluding hydrogens is 314 g/mol. The van der Waals surface area contributed by atoms with Crippen molar-refractivity contribution in [2.75, 3.05) is 10.6 Å². The Morgan fingerprint density at radius 2 is 1.52 bits per heavy atom. The van der Waals surface area contributed by atoms with Crippen molar-refractivity contribution in [3.63, 3.8) is 0 Å². The van der Waals surface area contributed by atoms with Crippen molar-refractivity contribution in [1.29, 1.82) is 0 Å². The number of carbonyl (C=O) groups excluding carboxylic acids is 2. The number of anilines is 2. The number of carbonyl (C=O) groups is 2. The number of hydrogen-bond donors (Lipinski definition) is 3. The number of rotatable bonds is 5. The quantitative estimate of drug-likeness (QED) is 0.742. The van der Waals surface area contributed by atoms with Crippen LogP contribution in [-0.4, -0.2) is 11.9 Å². The molecule has 0 saturated carbocycles. The molecule has 0 heterocycles. The first-order valence-electron chi connectivity index (χ1n) is 8.40. The standard InChI is InChI=1S/C20H25N3O2/c1-13(2)16-8-10-18(11-9-16)23-20(25)21-14(3)17-6-5-7-19(12-17)22-15(4)24/h5-14H,1-4H3,(H,22,24)(H2,21,23,25)/t14-/m1/s1. The third-order valence-electron chi connectivity index (χ3n) is 3.89. The summed E-state index contributed by atoms with van der Waals surface area (Å²) < 4.78 is 0. The Bertz CT molecular complexity index is 739. The number of urea groups is 1. The third kappa shape index (κ3) is 5.64. The minimum atomic E-state index is -0.269. The van der Waals surface area contributed by atoms with Crippen LogP contribution in [0.5, 0.6) is 0 Å². The first-order chi connectivity index (χ1) is 11.8. The molecule has 0 aliphatic heterocycles. The molecule has 0 radical (unpaired) electrons. The normalized spacial score (nSPS) is 11.7. The molecule has 3 N–H and O–H groups in total. The molecule has 2 aromatic carbocycles. The van der Waals surface area contributed by atoms with Crippen molar-refractivity contribution in [3.05, 3.63) is 59.7 Å². The molecule has 5 nitrogen and oxygen atoms in total. The number of hydrogen-bond acceptors (Lipinski definition) is 2. The molecule has 132 valence electrons. The van der Waals surface area contributed by atoms with Crippen LogP contribution in [0.3, 0.4) is 0 Å². The second kappa shape index (κ2) is 8.33. The van der Waals surface area contributed by atoms with Gasteiger partial charge in [0.15, 0.2) is 0 Å². The van der Waals surface area contributed by atoms with Crippen molar-refractivity contribution in [3.8, 4) is 0 Å². The van der Waals surface area contributed by atoms with Crippen molar-refractivity contribution in [1.82, 2.24) is 5.32 Å². The molecule has 0 spiro atoms. The van der Waals surface area contributed by atoms with E-state index < -0.39 is 0 Å². The first-order valence-corrected chi connectivity index (χ1v) is 8.40. The van der Waals surface area contributed by atoms with E-state index in [2.05, 4.69) is 29.8 Å². The van der Waals surface area contributed by atoms with E-state index in [0.717, 1.165) is 11.3 Å². The Kier molecular flexibility index (Phi) is 6.17. The van der Waals surface area contributed by atoms with Crippen LogP contribution in [0.2, 0.25) is 0 Å². The van der Waals surface area contributed by atoms with Gasteiger partial charge in [-0.2, -0.15) is 0 Å². The van der Waals surface area contributed by atoms with Gasteiger partial charge in [-0.05, 0) is 48.2 Å². The molecular formula is C20H25N3O2. The summed E-state index contributed by atoms with van der Waals surface area (Å²) in [6, 6.07) is 14.8. The van der Waals surface area contributed by atoms with Crippen LogP contribution in [0.15, 0.2) is 48.5 Å². The molecule has 0 unspecified atom stereocenters. The summed E-state index contributed by atoms with van der Waals surface area (Å²) in [4.78, 5) is 23.3. The maximum Gasteiger partial charge on any atom is 0.319 e. The highest BCUT2D eigenvalue weighted by Crippen LogP contribution is 2.19. The predicted octanol–water partition coefficient (Wildman–Crippen LogP) is 4.65. The van der Waals surface area contributed by atoms with E-state index in [9.17, 15) is 9.59 Å². The van der Waals surface area contributed by atoms with Gasteiger partial charge in [0.05, 0.1) is 6.04 Å². The average Bonchev–Trinajstić information content (AvgIpc) is 2.54. The zero-order chi connectivity index (χ0) is 18.4. The van der Waals surface area contributed by atoms with Gasteiger partial charge >= 0.3 is 6.03 Å². The minimum absolute atomic E-state index is 0.125. The lowest BCUT2D eigenvalue weighted by atomic mass is 10.0.